The highest BCUT2D eigenvalue weighted by Gasteiger charge is 2.15. The first-order valence-corrected chi connectivity index (χ1v) is 7.40. The Bertz CT molecular complexity index is 630. The Morgan fingerprint density at radius 3 is 2.59 bits per heavy atom. The van der Waals surface area contributed by atoms with Gasteiger partial charge in [-0.3, -0.25) is 9.89 Å². The van der Waals surface area contributed by atoms with Gasteiger partial charge in [-0.05, 0) is 45.0 Å². The Labute approximate surface area is 134 Å². The number of H-pyrrole nitrogens is 1. The second kappa shape index (κ2) is 6.79. The zero-order valence-corrected chi connectivity index (χ0v) is 13.7. The van der Waals surface area contributed by atoms with Crippen LogP contribution in [-0.4, -0.2) is 26.6 Å². The number of rotatable bonds is 5. The van der Waals surface area contributed by atoms with E-state index in [1.807, 2.05) is 45.0 Å². The number of hydrogen-bond acceptors (Lipinski definition) is 4. The van der Waals surface area contributed by atoms with Crippen LogP contribution in [0.1, 0.15) is 32.4 Å². The number of nitrogens with zero attached hydrogens (tertiary/aromatic N) is 2. The van der Waals surface area contributed by atoms with E-state index in [4.69, 9.17) is 11.6 Å². The Balaban J connectivity index is 1.86. The second-order valence-corrected chi connectivity index (χ2v) is 6.47. The smallest absolute Gasteiger partial charge is 0.228 e. The van der Waals surface area contributed by atoms with Gasteiger partial charge in [-0.25, -0.2) is 4.98 Å². The molecule has 2 rings (SSSR count). The van der Waals surface area contributed by atoms with Crippen molar-refractivity contribution in [3.63, 3.8) is 0 Å². The predicted octanol–water partition coefficient (Wildman–Crippen LogP) is 2.53. The molecule has 6 nitrogen and oxygen atoms in total. The van der Waals surface area contributed by atoms with E-state index in [2.05, 4.69) is 25.8 Å². The molecule has 0 bridgehead atoms. The number of aromatic nitrogens is 3. The van der Waals surface area contributed by atoms with Crippen LogP contribution in [0.5, 0.6) is 0 Å². The third-order valence-electron chi connectivity index (χ3n) is 2.72. The third kappa shape index (κ3) is 5.37. The topological polar surface area (TPSA) is 82.7 Å². The normalized spacial score (nSPS) is 11.3. The molecule has 0 fully saturated rings. The van der Waals surface area contributed by atoms with Gasteiger partial charge in [-0.1, -0.05) is 11.6 Å². The molecule has 22 heavy (non-hydrogen) atoms. The van der Waals surface area contributed by atoms with E-state index in [1.54, 1.807) is 0 Å². The summed E-state index contributed by atoms with van der Waals surface area (Å²) in [6.45, 7) is 6.30. The van der Waals surface area contributed by atoms with Crippen molar-refractivity contribution in [2.75, 3.05) is 5.32 Å². The van der Waals surface area contributed by atoms with Crippen molar-refractivity contribution in [1.29, 1.82) is 0 Å². The van der Waals surface area contributed by atoms with E-state index in [0.29, 0.717) is 23.2 Å². The summed E-state index contributed by atoms with van der Waals surface area (Å²) >= 11 is 5.83. The van der Waals surface area contributed by atoms with Crippen molar-refractivity contribution >= 4 is 23.2 Å². The second-order valence-electron chi connectivity index (χ2n) is 6.03. The summed E-state index contributed by atoms with van der Waals surface area (Å²) in [6.07, 6.45) is 0.161. The SMILES string of the molecule is CC(C)(C)NC(=O)Cc1n[nH]c(CNc2ccc(Cl)cc2)n1. The number of hydrogen-bond donors (Lipinski definition) is 3. The minimum Gasteiger partial charge on any atom is -0.378 e. The maximum Gasteiger partial charge on any atom is 0.228 e. The molecule has 118 valence electrons. The van der Waals surface area contributed by atoms with Crippen molar-refractivity contribution in [3.05, 3.63) is 40.9 Å². The molecule has 0 aliphatic carbocycles. The standard InChI is InChI=1S/C15H20ClN5O/c1-15(2,3)19-14(22)8-12-18-13(21-20-12)9-17-11-6-4-10(16)5-7-11/h4-7,17H,8-9H2,1-3H3,(H,19,22)(H,18,20,21). The van der Waals surface area contributed by atoms with Gasteiger partial charge in [0.15, 0.2) is 5.82 Å². The summed E-state index contributed by atoms with van der Waals surface area (Å²) in [4.78, 5) is 16.1. The van der Waals surface area contributed by atoms with Crippen LogP contribution in [0.3, 0.4) is 0 Å². The Morgan fingerprint density at radius 2 is 1.95 bits per heavy atom. The molecule has 0 saturated carbocycles. The zero-order chi connectivity index (χ0) is 16.2. The summed E-state index contributed by atoms with van der Waals surface area (Å²) in [5, 5.41) is 13.7. The molecule has 7 heteroatoms. The van der Waals surface area contributed by atoms with E-state index in [9.17, 15) is 4.79 Å². The Hall–Kier alpha value is -2.08. The number of aromatic amines is 1. The molecule has 1 aromatic carbocycles. The van der Waals surface area contributed by atoms with Gasteiger partial charge in [0.1, 0.15) is 5.82 Å². The average Bonchev–Trinajstić information content (AvgIpc) is 2.83. The fourth-order valence-electron chi connectivity index (χ4n) is 1.85. The van der Waals surface area contributed by atoms with Crippen molar-refractivity contribution < 1.29 is 4.79 Å². The molecular formula is C15H20ClN5O. The highest BCUT2D eigenvalue weighted by molar-refractivity contribution is 6.30. The van der Waals surface area contributed by atoms with Crippen LogP contribution in [0.4, 0.5) is 5.69 Å². The molecule has 0 unspecified atom stereocenters. The number of carbonyl (C=O) groups excluding carboxylic acids is 1. The molecule has 0 aliphatic heterocycles. The summed E-state index contributed by atoms with van der Waals surface area (Å²) in [5.41, 5.74) is 0.680. The van der Waals surface area contributed by atoms with E-state index in [-0.39, 0.29) is 17.9 Å². The van der Waals surface area contributed by atoms with Gasteiger partial charge in [-0.15, -0.1) is 0 Å². The van der Waals surface area contributed by atoms with Gasteiger partial charge in [0, 0.05) is 16.2 Å². The van der Waals surface area contributed by atoms with Crippen LogP contribution < -0.4 is 10.6 Å². The molecule has 0 saturated heterocycles. The zero-order valence-electron chi connectivity index (χ0n) is 12.9. The molecular weight excluding hydrogens is 302 g/mol. The van der Waals surface area contributed by atoms with Gasteiger partial charge in [0.05, 0.1) is 13.0 Å². The van der Waals surface area contributed by atoms with Gasteiger partial charge < -0.3 is 10.6 Å². The molecule has 1 heterocycles. The molecule has 0 atom stereocenters. The molecule has 1 aromatic heterocycles. The number of benzene rings is 1. The largest absolute Gasteiger partial charge is 0.378 e. The van der Waals surface area contributed by atoms with Gasteiger partial charge >= 0.3 is 0 Å². The summed E-state index contributed by atoms with van der Waals surface area (Å²) < 4.78 is 0. The molecule has 3 N–H and O–H groups in total. The first-order chi connectivity index (χ1) is 10.3. The maximum atomic E-state index is 11.8. The highest BCUT2D eigenvalue weighted by atomic mass is 35.5. The van der Waals surface area contributed by atoms with Crippen molar-refractivity contribution in [1.82, 2.24) is 20.5 Å². The van der Waals surface area contributed by atoms with Crippen LogP contribution in [-0.2, 0) is 17.8 Å². The quantitative estimate of drug-likeness (QED) is 0.790. The van der Waals surface area contributed by atoms with E-state index >= 15 is 0 Å². The summed E-state index contributed by atoms with van der Waals surface area (Å²) in [6, 6.07) is 7.39. The minimum absolute atomic E-state index is 0.0938. The lowest BCUT2D eigenvalue weighted by Crippen LogP contribution is -2.41. The van der Waals surface area contributed by atoms with Crippen LogP contribution in [0, 0.1) is 0 Å². The lowest BCUT2D eigenvalue weighted by Gasteiger charge is -2.19. The predicted molar refractivity (Wildman–Crippen MR) is 86.8 cm³/mol. The van der Waals surface area contributed by atoms with E-state index in [0.717, 1.165) is 5.69 Å². The lowest BCUT2D eigenvalue weighted by atomic mass is 10.1. The highest BCUT2D eigenvalue weighted by Crippen LogP contribution is 2.13. The molecule has 1 amide bonds. The Kier molecular flexibility index (Phi) is 5.03. The number of nitrogens with one attached hydrogen (secondary N) is 3. The number of anilines is 1. The van der Waals surface area contributed by atoms with E-state index in [1.165, 1.54) is 0 Å². The van der Waals surface area contributed by atoms with Crippen LogP contribution in [0.15, 0.2) is 24.3 Å². The number of halogens is 1. The van der Waals surface area contributed by atoms with Crippen molar-refractivity contribution in [2.45, 2.75) is 39.3 Å². The first-order valence-electron chi connectivity index (χ1n) is 7.02. The Morgan fingerprint density at radius 1 is 1.27 bits per heavy atom. The molecule has 2 aromatic rings. The average molecular weight is 322 g/mol. The fourth-order valence-corrected chi connectivity index (χ4v) is 1.98. The monoisotopic (exact) mass is 321 g/mol. The van der Waals surface area contributed by atoms with Gasteiger partial charge in [0.25, 0.3) is 0 Å². The molecule has 0 aliphatic rings. The molecule has 0 radical (unpaired) electrons. The first kappa shape index (κ1) is 16.3. The number of carbonyl (C=O) groups is 1. The van der Waals surface area contributed by atoms with Gasteiger partial charge in [0.2, 0.25) is 5.91 Å². The van der Waals surface area contributed by atoms with Crippen LogP contribution in [0.25, 0.3) is 0 Å². The lowest BCUT2D eigenvalue weighted by molar-refractivity contribution is -0.121. The third-order valence-corrected chi connectivity index (χ3v) is 2.97. The van der Waals surface area contributed by atoms with Crippen LogP contribution in [0.2, 0.25) is 5.02 Å². The van der Waals surface area contributed by atoms with E-state index < -0.39 is 0 Å². The van der Waals surface area contributed by atoms with Crippen molar-refractivity contribution in [3.8, 4) is 0 Å². The maximum absolute atomic E-state index is 11.8. The van der Waals surface area contributed by atoms with Gasteiger partial charge in [-0.2, -0.15) is 5.10 Å². The summed E-state index contributed by atoms with van der Waals surface area (Å²) in [7, 11) is 0. The minimum atomic E-state index is -0.258. The molecule has 0 spiro atoms. The van der Waals surface area contributed by atoms with Crippen LogP contribution >= 0.6 is 11.6 Å². The summed E-state index contributed by atoms with van der Waals surface area (Å²) in [5.74, 6) is 1.06. The number of amides is 1. The fraction of sp³-hybridized carbons (Fsp3) is 0.400. The van der Waals surface area contributed by atoms with Crippen molar-refractivity contribution in [2.24, 2.45) is 0 Å².